The van der Waals surface area contributed by atoms with E-state index in [-0.39, 0.29) is 5.69 Å². The fourth-order valence-corrected chi connectivity index (χ4v) is 3.07. The molecule has 132 valence electrons. The predicted molar refractivity (Wildman–Crippen MR) is 79.1 cm³/mol. The molecule has 0 fully saturated rings. The molecule has 1 atom stereocenters. The lowest BCUT2D eigenvalue weighted by molar-refractivity contribution is -0.336. The van der Waals surface area contributed by atoms with Crippen LogP contribution < -0.4 is 11.5 Å². The van der Waals surface area contributed by atoms with Gasteiger partial charge in [0.05, 0.1) is 5.56 Å². The summed E-state index contributed by atoms with van der Waals surface area (Å²) in [6.45, 7) is 0. The fraction of sp³-hybridized carbons (Fsp3) is 0.188. The van der Waals surface area contributed by atoms with Crippen LogP contribution in [0.15, 0.2) is 36.4 Å². The van der Waals surface area contributed by atoms with Crippen molar-refractivity contribution in [2.24, 2.45) is 0 Å². The number of benzene rings is 2. The van der Waals surface area contributed by atoms with Crippen LogP contribution in [0.1, 0.15) is 27.0 Å². The summed E-state index contributed by atoms with van der Waals surface area (Å²) in [5, 5.41) is 10.7. The molecule has 0 bridgehead atoms. The van der Waals surface area contributed by atoms with Gasteiger partial charge in [0.1, 0.15) is 0 Å². The van der Waals surface area contributed by atoms with E-state index in [1.807, 2.05) is 0 Å². The second kappa shape index (κ2) is 4.92. The third-order valence-corrected chi connectivity index (χ3v) is 4.23. The zero-order chi connectivity index (χ0) is 18.8. The topological polar surface area (TPSA) is 89.3 Å². The van der Waals surface area contributed by atoms with Crippen molar-refractivity contribution < 1.29 is 31.9 Å². The third kappa shape index (κ3) is 1.98. The summed E-state index contributed by atoms with van der Waals surface area (Å²) in [7, 11) is 0. The molecule has 2 aromatic carbocycles. The van der Waals surface area contributed by atoms with Crippen molar-refractivity contribution in [3.63, 3.8) is 0 Å². The molecular weight excluding hydrogens is 347 g/mol. The highest BCUT2D eigenvalue weighted by molar-refractivity contribution is 6.17. The van der Waals surface area contributed by atoms with Crippen LogP contribution in [0, 0.1) is 0 Å². The van der Waals surface area contributed by atoms with Crippen LogP contribution in [-0.4, -0.2) is 23.0 Å². The molecule has 4 nitrogen and oxygen atoms in total. The van der Waals surface area contributed by atoms with Crippen LogP contribution in [0.25, 0.3) is 0 Å². The van der Waals surface area contributed by atoms with E-state index in [1.165, 1.54) is 6.07 Å². The van der Waals surface area contributed by atoms with E-state index in [0.717, 1.165) is 30.3 Å². The van der Waals surface area contributed by atoms with Crippen molar-refractivity contribution in [1.82, 2.24) is 0 Å². The summed E-state index contributed by atoms with van der Waals surface area (Å²) in [5.41, 5.74) is 3.25. The summed E-state index contributed by atoms with van der Waals surface area (Å²) in [4.78, 5) is 12.6. The number of alkyl halides is 5. The van der Waals surface area contributed by atoms with Crippen LogP contribution in [0.3, 0.4) is 0 Å². The highest BCUT2D eigenvalue weighted by Gasteiger charge is 2.73. The molecule has 0 heterocycles. The highest BCUT2D eigenvalue weighted by atomic mass is 19.4. The standard InChI is InChI=1S/C16H11F5N2O2/c17-15(18,16(19,20)21)14(25)8-4-2-1-3-7(8)13(24)11-9(22)5-6-10(23)12(11)14/h1-6,25H,22-23H2. The Hall–Kier alpha value is -2.68. The lowest BCUT2D eigenvalue weighted by Crippen LogP contribution is -2.58. The molecule has 5 N–H and O–H groups in total. The largest absolute Gasteiger partial charge is 0.457 e. The van der Waals surface area contributed by atoms with E-state index in [4.69, 9.17) is 11.5 Å². The summed E-state index contributed by atoms with van der Waals surface area (Å²) in [6.07, 6.45) is -6.11. The number of anilines is 2. The van der Waals surface area contributed by atoms with Crippen molar-refractivity contribution >= 4 is 17.2 Å². The molecule has 0 saturated heterocycles. The van der Waals surface area contributed by atoms with Crippen LogP contribution in [-0.2, 0) is 5.60 Å². The molecule has 9 heteroatoms. The van der Waals surface area contributed by atoms with E-state index < -0.39 is 51.4 Å². The molecule has 1 unspecified atom stereocenters. The lowest BCUT2D eigenvalue weighted by atomic mass is 9.69. The Morgan fingerprint density at radius 1 is 0.920 bits per heavy atom. The van der Waals surface area contributed by atoms with Gasteiger partial charge < -0.3 is 16.6 Å². The minimum Gasteiger partial charge on any atom is -0.398 e. The Morgan fingerprint density at radius 3 is 2.08 bits per heavy atom. The maximum Gasteiger partial charge on any atom is 0.457 e. The maximum atomic E-state index is 14.4. The molecule has 0 amide bonds. The van der Waals surface area contributed by atoms with Crippen molar-refractivity contribution in [3.8, 4) is 0 Å². The molecule has 0 aromatic heterocycles. The van der Waals surface area contributed by atoms with E-state index >= 15 is 0 Å². The van der Waals surface area contributed by atoms with Crippen LogP contribution >= 0.6 is 0 Å². The van der Waals surface area contributed by atoms with E-state index in [9.17, 15) is 31.9 Å². The number of nitrogens with two attached hydrogens (primary N) is 2. The Labute approximate surface area is 137 Å². The quantitative estimate of drug-likeness (QED) is 0.540. The number of carbonyl (C=O) groups is 1. The number of halogens is 5. The van der Waals surface area contributed by atoms with Crippen molar-refractivity contribution in [2.45, 2.75) is 17.7 Å². The Bertz CT molecular complexity index is 895. The lowest BCUT2D eigenvalue weighted by Gasteiger charge is -2.42. The fourth-order valence-electron chi connectivity index (χ4n) is 3.07. The van der Waals surface area contributed by atoms with Crippen LogP contribution in [0.4, 0.5) is 33.3 Å². The molecular formula is C16H11F5N2O2. The number of fused-ring (bicyclic) bond motifs is 2. The molecule has 0 saturated carbocycles. The first kappa shape index (κ1) is 17.2. The summed E-state index contributed by atoms with van der Waals surface area (Å²) < 4.78 is 68.2. The maximum absolute atomic E-state index is 14.4. The van der Waals surface area contributed by atoms with Crippen molar-refractivity contribution in [3.05, 3.63) is 58.7 Å². The number of hydrogen-bond acceptors (Lipinski definition) is 4. The normalized spacial score (nSPS) is 20.2. The van der Waals surface area contributed by atoms with Crippen molar-refractivity contribution in [1.29, 1.82) is 0 Å². The Morgan fingerprint density at radius 2 is 1.48 bits per heavy atom. The van der Waals surface area contributed by atoms with E-state index in [1.54, 1.807) is 0 Å². The summed E-state index contributed by atoms with van der Waals surface area (Å²) in [6, 6.07) is 6.35. The molecule has 0 spiro atoms. The number of carbonyl (C=O) groups excluding carboxylic acids is 1. The monoisotopic (exact) mass is 358 g/mol. The molecule has 0 radical (unpaired) electrons. The Balaban J connectivity index is 2.52. The SMILES string of the molecule is Nc1ccc(N)c2c1C(=O)c1ccccc1C2(O)C(F)(F)C(F)(F)F. The minimum atomic E-state index is -6.11. The van der Waals surface area contributed by atoms with Gasteiger partial charge in [0.15, 0.2) is 11.4 Å². The Kier molecular flexibility index (Phi) is 3.37. The number of aliphatic hydroxyl groups is 1. The van der Waals surface area contributed by atoms with E-state index in [2.05, 4.69) is 0 Å². The first-order valence-corrected chi connectivity index (χ1v) is 6.94. The summed E-state index contributed by atoms with van der Waals surface area (Å²) >= 11 is 0. The van der Waals surface area contributed by atoms with Gasteiger partial charge in [0, 0.05) is 28.1 Å². The molecule has 1 aliphatic carbocycles. The first-order valence-electron chi connectivity index (χ1n) is 6.94. The highest BCUT2D eigenvalue weighted by Crippen LogP contribution is 2.56. The molecule has 3 rings (SSSR count). The zero-order valence-electron chi connectivity index (χ0n) is 12.4. The van der Waals surface area contributed by atoms with Gasteiger partial charge in [0.2, 0.25) is 0 Å². The summed E-state index contributed by atoms with van der Waals surface area (Å²) in [5.74, 6) is -6.52. The minimum absolute atomic E-state index is 0.361. The number of nitrogen functional groups attached to an aromatic ring is 2. The molecule has 1 aliphatic rings. The van der Waals surface area contributed by atoms with Gasteiger partial charge in [-0.05, 0) is 12.1 Å². The molecule has 25 heavy (non-hydrogen) atoms. The third-order valence-electron chi connectivity index (χ3n) is 4.23. The van der Waals surface area contributed by atoms with E-state index in [0.29, 0.717) is 0 Å². The van der Waals surface area contributed by atoms with Gasteiger partial charge in [-0.2, -0.15) is 22.0 Å². The second-order valence-corrected chi connectivity index (χ2v) is 5.65. The number of ketones is 1. The van der Waals surface area contributed by atoms with Gasteiger partial charge in [-0.15, -0.1) is 0 Å². The number of hydrogen-bond donors (Lipinski definition) is 3. The second-order valence-electron chi connectivity index (χ2n) is 5.65. The van der Waals surface area contributed by atoms with Crippen molar-refractivity contribution in [2.75, 3.05) is 11.5 Å². The smallest absolute Gasteiger partial charge is 0.398 e. The van der Waals surface area contributed by atoms with Gasteiger partial charge in [-0.25, -0.2) is 0 Å². The average Bonchev–Trinajstić information content (AvgIpc) is 2.53. The van der Waals surface area contributed by atoms with Crippen LogP contribution in [0.2, 0.25) is 0 Å². The first-order chi connectivity index (χ1) is 11.4. The van der Waals surface area contributed by atoms with Gasteiger partial charge >= 0.3 is 12.1 Å². The van der Waals surface area contributed by atoms with Gasteiger partial charge in [-0.3, -0.25) is 4.79 Å². The molecule has 2 aromatic rings. The van der Waals surface area contributed by atoms with Gasteiger partial charge in [0.25, 0.3) is 0 Å². The average molecular weight is 358 g/mol. The predicted octanol–water partition coefficient (Wildman–Crippen LogP) is 2.83. The van der Waals surface area contributed by atoms with Crippen LogP contribution in [0.5, 0.6) is 0 Å². The van der Waals surface area contributed by atoms with Gasteiger partial charge in [-0.1, -0.05) is 24.3 Å². The molecule has 0 aliphatic heterocycles. The number of rotatable bonds is 1. The zero-order valence-corrected chi connectivity index (χ0v) is 12.4.